The maximum atomic E-state index is 10.8. The van der Waals surface area contributed by atoms with Gasteiger partial charge in [0.25, 0.3) is 0 Å². The molecule has 0 aliphatic heterocycles. The predicted molar refractivity (Wildman–Crippen MR) is 47.3 cm³/mol. The van der Waals surface area contributed by atoms with Crippen molar-refractivity contribution in [1.82, 2.24) is 0 Å². The van der Waals surface area contributed by atoms with Gasteiger partial charge in [0, 0.05) is 6.08 Å². The van der Waals surface area contributed by atoms with Gasteiger partial charge >= 0.3 is 13.6 Å². The normalized spacial score (nSPS) is 12.8. The molecule has 0 fully saturated rings. The molecule has 13 heavy (non-hydrogen) atoms. The summed E-state index contributed by atoms with van der Waals surface area (Å²) >= 11 is 0. The summed E-state index contributed by atoms with van der Waals surface area (Å²) < 4.78 is 15.0. The summed E-state index contributed by atoms with van der Waals surface area (Å²) in [7, 11) is -4.07. The van der Waals surface area contributed by atoms with Crippen LogP contribution in [0.5, 0.6) is 0 Å². The second-order valence-electron chi connectivity index (χ2n) is 2.57. The van der Waals surface area contributed by atoms with Gasteiger partial charge in [-0.15, -0.1) is 0 Å². The quantitative estimate of drug-likeness (QED) is 0.403. The number of hydrogen-bond donors (Lipinski definition) is 2. The summed E-state index contributed by atoms with van der Waals surface area (Å²) in [6, 6.07) is 0. The Bertz CT molecular complexity index is 252. The average molecular weight is 208 g/mol. The topological polar surface area (TPSA) is 83.8 Å². The number of rotatable bonds is 4. The van der Waals surface area contributed by atoms with Gasteiger partial charge in [-0.3, -0.25) is 4.57 Å². The maximum Gasteiger partial charge on any atom is 0.330 e. The van der Waals surface area contributed by atoms with Crippen molar-refractivity contribution in [2.45, 2.75) is 13.8 Å². The van der Waals surface area contributed by atoms with E-state index in [1.54, 1.807) is 6.92 Å². The number of carbonyl (C=O) groups excluding carboxylic acids is 1. The molecule has 0 aromatic heterocycles. The molecule has 0 saturated carbocycles. The van der Waals surface area contributed by atoms with Crippen molar-refractivity contribution in [1.29, 1.82) is 0 Å². The van der Waals surface area contributed by atoms with Gasteiger partial charge in [0.05, 0.1) is 12.8 Å². The van der Waals surface area contributed by atoms with Crippen LogP contribution in [0.2, 0.25) is 0 Å². The molecule has 76 valence electrons. The van der Waals surface area contributed by atoms with Crippen LogP contribution in [0, 0.1) is 0 Å². The third kappa shape index (κ3) is 7.71. The summed E-state index contributed by atoms with van der Waals surface area (Å²) in [4.78, 5) is 27.9. The maximum absolute atomic E-state index is 10.8. The van der Waals surface area contributed by atoms with Crippen LogP contribution in [0.25, 0.3) is 0 Å². The van der Waals surface area contributed by atoms with Crippen molar-refractivity contribution in [3.05, 3.63) is 11.6 Å². The standard InChI is InChI=1S/C7H13O5P/c1-3-12-7(8)4-6(2)5-13(9,10)11/h4H,3,5H2,1-2H3,(H2,9,10,11). The Kier molecular flexibility index (Phi) is 4.91. The lowest BCUT2D eigenvalue weighted by molar-refractivity contribution is -0.137. The van der Waals surface area contributed by atoms with Crippen LogP contribution in [0.4, 0.5) is 0 Å². The Morgan fingerprint density at radius 2 is 2.08 bits per heavy atom. The van der Waals surface area contributed by atoms with Crippen LogP contribution in [0.15, 0.2) is 11.6 Å². The van der Waals surface area contributed by atoms with Crippen molar-refractivity contribution in [2.24, 2.45) is 0 Å². The zero-order valence-corrected chi connectivity index (χ0v) is 8.45. The van der Waals surface area contributed by atoms with E-state index in [1.165, 1.54) is 6.92 Å². The second-order valence-corrected chi connectivity index (χ2v) is 4.21. The highest BCUT2D eigenvalue weighted by molar-refractivity contribution is 7.52. The fraction of sp³-hybridized carbons (Fsp3) is 0.571. The van der Waals surface area contributed by atoms with Crippen LogP contribution in [0.1, 0.15) is 13.8 Å². The van der Waals surface area contributed by atoms with Gasteiger partial charge in [0.1, 0.15) is 0 Å². The van der Waals surface area contributed by atoms with Crippen LogP contribution >= 0.6 is 7.60 Å². The van der Waals surface area contributed by atoms with Gasteiger partial charge in [-0.05, 0) is 13.8 Å². The van der Waals surface area contributed by atoms with Crippen molar-refractivity contribution in [3.8, 4) is 0 Å². The molecule has 0 heterocycles. The highest BCUT2D eigenvalue weighted by atomic mass is 31.2. The number of hydrogen-bond acceptors (Lipinski definition) is 3. The molecular formula is C7H13O5P. The highest BCUT2D eigenvalue weighted by Crippen LogP contribution is 2.36. The molecule has 2 N–H and O–H groups in total. The second kappa shape index (κ2) is 5.17. The molecule has 0 saturated heterocycles. The molecule has 0 aliphatic carbocycles. The average Bonchev–Trinajstić information content (AvgIpc) is 1.81. The third-order valence-corrected chi connectivity index (χ3v) is 2.02. The monoisotopic (exact) mass is 208 g/mol. The summed E-state index contributed by atoms with van der Waals surface area (Å²) in [5.74, 6) is -0.576. The number of allylic oxidation sites excluding steroid dienone is 1. The molecule has 0 aliphatic rings. The van der Waals surface area contributed by atoms with E-state index in [-0.39, 0.29) is 6.61 Å². The van der Waals surface area contributed by atoms with E-state index >= 15 is 0 Å². The number of esters is 1. The molecule has 5 nitrogen and oxygen atoms in total. The molecule has 0 bridgehead atoms. The summed E-state index contributed by atoms with van der Waals surface area (Å²) in [6.07, 6.45) is 0.675. The van der Waals surface area contributed by atoms with Crippen LogP contribution in [-0.4, -0.2) is 28.5 Å². The fourth-order valence-corrected chi connectivity index (χ4v) is 1.50. The minimum absolute atomic E-state index is 0.249. The Hall–Kier alpha value is -0.640. The lowest BCUT2D eigenvalue weighted by Crippen LogP contribution is -2.01. The molecule has 0 aromatic rings. The van der Waals surface area contributed by atoms with Crippen LogP contribution in [0.3, 0.4) is 0 Å². The summed E-state index contributed by atoms with van der Waals surface area (Å²) in [6.45, 7) is 3.37. The molecule has 0 atom stereocenters. The molecule has 0 rings (SSSR count). The van der Waals surface area contributed by atoms with E-state index in [0.29, 0.717) is 5.57 Å². The molecule has 0 unspecified atom stereocenters. The van der Waals surface area contributed by atoms with Crippen molar-refractivity contribution >= 4 is 13.6 Å². The lowest BCUT2D eigenvalue weighted by atomic mass is 10.3. The zero-order valence-electron chi connectivity index (χ0n) is 7.56. The first-order valence-electron chi connectivity index (χ1n) is 3.73. The van der Waals surface area contributed by atoms with E-state index in [9.17, 15) is 9.36 Å². The van der Waals surface area contributed by atoms with Gasteiger partial charge in [0.15, 0.2) is 0 Å². The van der Waals surface area contributed by atoms with Crippen molar-refractivity contribution in [2.75, 3.05) is 12.8 Å². The molecule has 6 heteroatoms. The van der Waals surface area contributed by atoms with E-state index in [0.717, 1.165) is 6.08 Å². The molecule has 0 amide bonds. The number of ether oxygens (including phenoxy) is 1. The molecule has 0 aromatic carbocycles. The lowest BCUT2D eigenvalue weighted by Gasteiger charge is -2.03. The van der Waals surface area contributed by atoms with Gasteiger partial charge in [-0.2, -0.15) is 0 Å². The summed E-state index contributed by atoms with van der Waals surface area (Å²) in [5.41, 5.74) is 0.312. The highest BCUT2D eigenvalue weighted by Gasteiger charge is 2.14. The minimum Gasteiger partial charge on any atom is -0.463 e. The van der Waals surface area contributed by atoms with Gasteiger partial charge < -0.3 is 14.5 Å². The van der Waals surface area contributed by atoms with E-state index in [2.05, 4.69) is 4.74 Å². The molecule has 0 radical (unpaired) electrons. The fourth-order valence-electron chi connectivity index (χ4n) is 0.756. The van der Waals surface area contributed by atoms with Crippen molar-refractivity contribution in [3.63, 3.8) is 0 Å². The third-order valence-electron chi connectivity index (χ3n) is 1.11. The summed E-state index contributed by atoms with van der Waals surface area (Å²) in [5, 5.41) is 0. The number of carbonyl (C=O) groups is 1. The smallest absolute Gasteiger partial charge is 0.330 e. The SMILES string of the molecule is CCOC(=O)C=C(C)CP(=O)(O)O. The predicted octanol–water partition coefficient (Wildman–Crippen LogP) is 0.673. The largest absolute Gasteiger partial charge is 0.463 e. The zero-order chi connectivity index (χ0) is 10.5. The Labute approximate surface area is 76.6 Å². The van der Waals surface area contributed by atoms with E-state index in [1.807, 2.05) is 0 Å². The van der Waals surface area contributed by atoms with Crippen molar-refractivity contribution < 1.29 is 23.9 Å². The first-order chi connectivity index (χ1) is 5.85. The minimum atomic E-state index is -4.07. The van der Waals surface area contributed by atoms with Gasteiger partial charge in [-0.25, -0.2) is 4.79 Å². The van der Waals surface area contributed by atoms with E-state index < -0.39 is 19.7 Å². The Morgan fingerprint density at radius 3 is 2.46 bits per heavy atom. The van der Waals surface area contributed by atoms with E-state index in [4.69, 9.17) is 9.79 Å². The molecule has 0 spiro atoms. The molecular weight excluding hydrogens is 195 g/mol. The van der Waals surface area contributed by atoms with Gasteiger partial charge in [0.2, 0.25) is 0 Å². The first-order valence-corrected chi connectivity index (χ1v) is 5.53. The van der Waals surface area contributed by atoms with Crippen LogP contribution in [-0.2, 0) is 14.1 Å². The first kappa shape index (κ1) is 12.4. The Morgan fingerprint density at radius 1 is 1.54 bits per heavy atom. The van der Waals surface area contributed by atoms with Gasteiger partial charge in [-0.1, -0.05) is 5.57 Å². The van der Waals surface area contributed by atoms with Crippen LogP contribution < -0.4 is 0 Å². The Balaban J connectivity index is 4.17.